The molecular formula is C7H15N3S. The Kier molecular flexibility index (Phi) is 3.05. The number of hydrogen-bond donors (Lipinski definition) is 1. The second-order valence-electron chi connectivity index (χ2n) is 3.02. The summed E-state index contributed by atoms with van der Waals surface area (Å²) in [6.07, 6.45) is 3.05. The lowest BCUT2D eigenvalue weighted by molar-refractivity contribution is 0.422. The van der Waals surface area contributed by atoms with Gasteiger partial charge in [0.15, 0.2) is 0 Å². The largest absolute Gasteiger partial charge is 0.360 e. The molecule has 0 spiro atoms. The quantitative estimate of drug-likeness (QED) is 0.284. The van der Waals surface area contributed by atoms with Crippen molar-refractivity contribution in [2.45, 2.75) is 11.7 Å². The van der Waals surface area contributed by atoms with Crippen LogP contribution in [0.5, 0.6) is 0 Å². The summed E-state index contributed by atoms with van der Waals surface area (Å²) in [5.41, 5.74) is 0. The van der Waals surface area contributed by atoms with Crippen LogP contribution in [-0.2, 0) is 0 Å². The molecule has 1 aliphatic rings. The van der Waals surface area contributed by atoms with E-state index in [1.807, 2.05) is 20.4 Å². The van der Waals surface area contributed by atoms with Gasteiger partial charge in [-0.25, -0.2) is 0 Å². The summed E-state index contributed by atoms with van der Waals surface area (Å²) in [4.78, 5) is 2.19. The van der Waals surface area contributed by atoms with Crippen molar-refractivity contribution in [2.24, 2.45) is 5.10 Å². The minimum Gasteiger partial charge on any atom is -0.360 e. The normalized spacial score (nSPS) is 25.0. The predicted molar refractivity (Wildman–Crippen MR) is 51.1 cm³/mol. The molecule has 1 rings (SSSR count). The van der Waals surface area contributed by atoms with Gasteiger partial charge >= 0.3 is 0 Å². The minimum absolute atomic E-state index is 0.531. The zero-order valence-electron chi connectivity index (χ0n) is 7.06. The molecule has 0 saturated carbocycles. The molecule has 0 N–H and O–H groups in total. The maximum atomic E-state index is 4.38. The number of rotatable bonds is 2. The van der Waals surface area contributed by atoms with Crippen molar-refractivity contribution >= 4 is 19.0 Å². The smallest absolute Gasteiger partial charge is 0.111 e. The fraction of sp³-hybridized carbons (Fsp3) is 0.857. The number of nitrogens with zero attached hydrogens (tertiary/aromatic N) is 3. The summed E-state index contributed by atoms with van der Waals surface area (Å²) in [6.45, 7) is 2.12. The predicted octanol–water partition coefficient (Wildman–Crippen LogP) is 0.495. The molecular weight excluding hydrogens is 158 g/mol. The van der Waals surface area contributed by atoms with Crippen LogP contribution < -0.4 is 0 Å². The number of thiol groups is 1. The standard InChI is InChI=1S/C7H15N3S/c1-9(2)8-6-10-4-3-7(11)5-10/h6-7,11H,3-5H2,1-2H3. The van der Waals surface area contributed by atoms with Crippen LogP contribution in [0, 0.1) is 0 Å². The summed E-state index contributed by atoms with van der Waals surface area (Å²) in [6, 6.07) is 0. The number of likely N-dealkylation sites (tertiary alicyclic amines) is 1. The maximum Gasteiger partial charge on any atom is 0.111 e. The lowest BCUT2D eigenvalue weighted by atomic mass is 10.4. The van der Waals surface area contributed by atoms with Gasteiger partial charge in [-0.15, -0.1) is 0 Å². The highest BCUT2D eigenvalue weighted by molar-refractivity contribution is 7.81. The van der Waals surface area contributed by atoms with Crippen LogP contribution in [0.1, 0.15) is 6.42 Å². The second-order valence-corrected chi connectivity index (χ2v) is 3.75. The second kappa shape index (κ2) is 3.85. The highest BCUT2D eigenvalue weighted by Crippen LogP contribution is 2.11. The van der Waals surface area contributed by atoms with E-state index in [4.69, 9.17) is 0 Å². The van der Waals surface area contributed by atoms with Gasteiger partial charge in [0, 0.05) is 32.4 Å². The van der Waals surface area contributed by atoms with Crippen LogP contribution in [-0.4, -0.2) is 48.7 Å². The van der Waals surface area contributed by atoms with Crippen LogP contribution >= 0.6 is 12.6 Å². The van der Waals surface area contributed by atoms with Crippen LogP contribution in [0.2, 0.25) is 0 Å². The molecule has 0 aromatic carbocycles. The Labute approximate surface area is 73.5 Å². The Balaban J connectivity index is 2.28. The van der Waals surface area contributed by atoms with Gasteiger partial charge in [-0.1, -0.05) is 0 Å². The van der Waals surface area contributed by atoms with Crippen molar-refractivity contribution in [2.75, 3.05) is 27.2 Å². The Morgan fingerprint density at radius 3 is 2.82 bits per heavy atom. The summed E-state index contributed by atoms with van der Waals surface area (Å²) >= 11 is 4.38. The highest BCUT2D eigenvalue weighted by Gasteiger charge is 2.16. The minimum atomic E-state index is 0.531. The van der Waals surface area contributed by atoms with E-state index < -0.39 is 0 Å². The van der Waals surface area contributed by atoms with Crippen molar-refractivity contribution in [3.8, 4) is 0 Å². The van der Waals surface area contributed by atoms with E-state index in [0.29, 0.717) is 5.25 Å². The molecule has 1 heterocycles. The molecule has 0 aromatic rings. The summed E-state index contributed by atoms with van der Waals surface area (Å²) in [5, 5.41) is 6.47. The zero-order chi connectivity index (χ0) is 8.27. The molecule has 1 aliphatic heterocycles. The summed E-state index contributed by atoms with van der Waals surface area (Å²) in [7, 11) is 3.84. The van der Waals surface area contributed by atoms with Gasteiger partial charge in [0.25, 0.3) is 0 Å². The van der Waals surface area contributed by atoms with Gasteiger partial charge in [0.1, 0.15) is 6.34 Å². The van der Waals surface area contributed by atoms with E-state index >= 15 is 0 Å². The molecule has 0 aromatic heterocycles. The van der Waals surface area contributed by atoms with Crippen molar-refractivity contribution in [3.63, 3.8) is 0 Å². The van der Waals surface area contributed by atoms with Crippen LogP contribution in [0.25, 0.3) is 0 Å². The third-order valence-corrected chi connectivity index (χ3v) is 2.06. The monoisotopic (exact) mass is 173 g/mol. The van der Waals surface area contributed by atoms with Crippen LogP contribution in [0.3, 0.4) is 0 Å². The van der Waals surface area contributed by atoms with Crippen molar-refractivity contribution in [1.29, 1.82) is 0 Å². The zero-order valence-corrected chi connectivity index (χ0v) is 7.96. The Morgan fingerprint density at radius 1 is 1.64 bits per heavy atom. The number of hydrogen-bond acceptors (Lipinski definition) is 3. The third-order valence-electron chi connectivity index (χ3n) is 1.64. The summed E-state index contributed by atoms with van der Waals surface area (Å²) < 4.78 is 0. The van der Waals surface area contributed by atoms with Crippen LogP contribution in [0.15, 0.2) is 5.10 Å². The molecule has 64 valence electrons. The Morgan fingerprint density at radius 2 is 2.36 bits per heavy atom. The Hall–Kier alpha value is -0.380. The van der Waals surface area contributed by atoms with Crippen LogP contribution in [0.4, 0.5) is 0 Å². The fourth-order valence-corrected chi connectivity index (χ4v) is 1.37. The van der Waals surface area contributed by atoms with E-state index in [1.165, 1.54) is 6.42 Å². The first-order valence-electron chi connectivity index (χ1n) is 3.82. The molecule has 4 heteroatoms. The SMILES string of the molecule is CN(C)N=CN1CCC(S)C1. The van der Waals surface area contributed by atoms with E-state index in [1.54, 1.807) is 5.01 Å². The van der Waals surface area contributed by atoms with E-state index in [0.717, 1.165) is 13.1 Å². The Bertz CT molecular complexity index is 147. The van der Waals surface area contributed by atoms with Gasteiger partial charge in [-0.3, -0.25) is 0 Å². The first kappa shape index (κ1) is 8.71. The van der Waals surface area contributed by atoms with Gasteiger partial charge in [0.2, 0.25) is 0 Å². The molecule has 1 saturated heterocycles. The van der Waals surface area contributed by atoms with Gasteiger partial charge < -0.3 is 9.91 Å². The lowest BCUT2D eigenvalue weighted by Crippen LogP contribution is -2.20. The van der Waals surface area contributed by atoms with Gasteiger partial charge in [-0.2, -0.15) is 17.7 Å². The lowest BCUT2D eigenvalue weighted by Gasteiger charge is -2.11. The first-order valence-corrected chi connectivity index (χ1v) is 4.33. The van der Waals surface area contributed by atoms with Crippen molar-refractivity contribution < 1.29 is 0 Å². The van der Waals surface area contributed by atoms with Crippen molar-refractivity contribution in [1.82, 2.24) is 9.91 Å². The average Bonchev–Trinajstić information content (AvgIpc) is 2.31. The number of hydrazone groups is 1. The topological polar surface area (TPSA) is 18.8 Å². The molecule has 3 nitrogen and oxygen atoms in total. The highest BCUT2D eigenvalue weighted by atomic mass is 32.1. The van der Waals surface area contributed by atoms with E-state index in [-0.39, 0.29) is 0 Å². The molecule has 1 unspecified atom stereocenters. The molecule has 0 bridgehead atoms. The van der Waals surface area contributed by atoms with E-state index in [9.17, 15) is 0 Å². The maximum absolute atomic E-state index is 4.38. The average molecular weight is 173 g/mol. The third kappa shape index (κ3) is 3.01. The van der Waals surface area contributed by atoms with Gasteiger partial charge in [0.05, 0.1) is 0 Å². The molecule has 11 heavy (non-hydrogen) atoms. The molecule has 0 amide bonds. The van der Waals surface area contributed by atoms with E-state index in [2.05, 4.69) is 22.6 Å². The first-order chi connectivity index (χ1) is 5.18. The molecule has 1 atom stereocenters. The molecule has 0 aliphatic carbocycles. The molecule has 0 radical (unpaired) electrons. The molecule has 1 fully saturated rings. The van der Waals surface area contributed by atoms with Crippen molar-refractivity contribution in [3.05, 3.63) is 0 Å². The van der Waals surface area contributed by atoms with Gasteiger partial charge in [-0.05, 0) is 6.42 Å². The summed E-state index contributed by atoms with van der Waals surface area (Å²) in [5.74, 6) is 0. The fourth-order valence-electron chi connectivity index (χ4n) is 1.05.